The quantitative estimate of drug-likeness (QED) is 0.518. The lowest BCUT2D eigenvalue weighted by Crippen LogP contribution is -2.24. The molecular formula is C17H32O2S. The Bertz CT molecular complexity index is 258. The van der Waals surface area contributed by atoms with Crippen molar-refractivity contribution in [1.82, 2.24) is 0 Å². The molecule has 0 heterocycles. The first-order valence-electron chi connectivity index (χ1n) is 8.54. The normalized spacial score (nSPS) is 29.4. The minimum atomic E-state index is 0.157. The van der Waals surface area contributed by atoms with E-state index in [0.717, 1.165) is 37.4 Å². The van der Waals surface area contributed by atoms with Gasteiger partial charge in [0.25, 0.3) is 0 Å². The molecule has 0 aromatic carbocycles. The van der Waals surface area contributed by atoms with E-state index in [0.29, 0.717) is 6.10 Å². The van der Waals surface area contributed by atoms with Crippen molar-refractivity contribution in [2.75, 3.05) is 13.2 Å². The second-order valence-corrected chi connectivity index (χ2v) is 7.67. The van der Waals surface area contributed by atoms with Gasteiger partial charge in [-0.25, -0.2) is 0 Å². The second kappa shape index (κ2) is 8.65. The van der Waals surface area contributed by atoms with Gasteiger partial charge in [-0.15, -0.1) is 12.6 Å². The van der Waals surface area contributed by atoms with Crippen LogP contribution in [-0.4, -0.2) is 24.8 Å². The molecule has 0 N–H and O–H groups in total. The van der Waals surface area contributed by atoms with Crippen LogP contribution in [0, 0.1) is 17.8 Å². The molecule has 0 radical (unpaired) electrons. The zero-order valence-electron chi connectivity index (χ0n) is 13.2. The van der Waals surface area contributed by atoms with Gasteiger partial charge in [0.15, 0.2) is 0 Å². The van der Waals surface area contributed by atoms with Gasteiger partial charge in [-0.1, -0.05) is 6.42 Å². The molecule has 0 amide bonds. The number of ether oxygens (including phenoxy) is 2. The highest BCUT2D eigenvalue weighted by Crippen LogP contribution is 2.33. The average Bonchev–Trinajstić information content (AvgIpc) is 2.36. The maximum absolute atomic E-state index is 5.89. The summed E-state index contributed by atoms with van der Waals surface area (Å²) in [4.78, 5) is 0. The van der Waals surface area contributed by atoms with E-state index in [1.54, 1.807) is 0 Å². The number of rotatable bonds is 8. The van der Waals surface area contributed by atoms with Gasteiger partial charge in [-0.05, 0) is 76.5 Å². The van der Waals surface area contributed by atoms with Crippen molar-refractivity contribution in [1.29, 1.82) is 0 Å². The van der Waals surface area contributed by atoms with Crippen molar-refractivity contribution in [2.45, 2.75) is 76.8 Å². The molecule has 2 rings (SSSR count). The van der Waals surface area contributed by atoms with Gasteiger partial charge in [-0.2, -0.15) is 0 Å². The van der Waals surface area contributed by atoms with Crippen molar-refractivity contribution in [3.63, 3.8) is 0 Å². The third-order valence-electron chi connectivity index (χ3n) is 4.92. The summed E-state index contributed by atoms with van der Waals surface area (Å²) in [7, 11) is 0. The molecule has 2 saturated carbocycles. The predicted octanol–water partition coefficient (Wildman–Crippen LogP) is 4.68. The van der Waals surface area contributed by atoms with Gasteiger partial charge in [0.2, 0.25) is 0 Å². The predicted molar refractivity (Wildman–Crippen MR) is 87.2 cm³/mol. The van der Waals surface area contributed by atoms with Crippen LogP contribution in [0.4, 0.5) is 0 Å². The average molecular weight is 301 g/mol. The van der Waals surface area contributed by atoms with Gasteiger partial charge >= 0.3 is 0 Å². The molecular weight excluding hydrogens is 268 g/mol. The van der Waals surface area contributed by atoms with Crippen LogP contribution >= 0.6 is 12.6 Å². The zero-order valence-corrected chi connectivity index (χ0v) is 14.1. The van der Waals surface area contributed by atoms with E-state index in [-0.39, 0.29) is 5.44 Å². The van der Waals surface area contributed by atoms with E-state index < -0.39 is 0 Å². The van der Waals surface area contributed by atoms with Crippen molar-refractivity contribution in [3.8, 4) is 0 Å². The molecule has 2 aliphatic carbocycles. The minimum absolute atomic E-state index is 0.157. The summed E-state index contributed by atoms with van der Waals surface area (Å²) in [5.74, 6) is 2.42. The molecule has 2 fully saturated rings. The summed E-state index contributed by atoms with van der Waals surface area (Å²) in [6.45, 7) is 6.13. The fraction of sp³-hybridized carbons (Fsp3) is 1.00. The van der Waals surface area contributed by atoms with Gasteiger partial charge in [-0.3, -0.25) is 0 Å². The Morgan fingerprint density at radius 3 is 1.95 bits per heavy atom. The zero-order chi connectivity index (χ0) is 14.4. The Hall–Kier alpha value is 0.270. The van der Waals surface area contributed by atoms with E-state index in [1.165, 1.54) is 44.9 Å². The number of hydrogen-bond donors (Lipinski definition) is 1. The van der Waals surface area contributed by atoms with Crippen molar-refractivity contribution in [3.05, 3.63) is 0 Å². The van der Waals surface area contributed by atoms with Crippen LogP contribution in [0.25, 0.3) is 0 Å². The van der Waals surface area contributed by atoms with Crippen LogP contribution in [-0.2, 0) is 9.47 Å². The van der Waals surface area contributed by atoms with E-state index in [4.69, 9.17) is 9.47 Å². The molecule has 0 bridgehead atoms. The lowest BCUT2D eigenvalue weighted by molar-refractivity contribution is 0.0242. The summed E-state index contributed by atoms with van der Waals surface area (Å²) in [5.41, 5.74) is 0.157. The highest BCUT2D eigenvalue weighted by molar-refractivity contribution is 7.80. The molecule has 20 heavy (non-hydrogen) atoms. The first-order valence-corrected chi connectivity index (χ1v) is 9.06. The molecule has 0 saturated heterocycles. The molecule has 0 aromatic rings. The summed E-state index contributed by atoms with van der Waals surface area (Å²) in [6.07, 6.45) is 10.9. The van der Waals surface area contributed by atoms with E-state index >= 15 is 0 Å². The minimum Gasteiger partial charge on any atom is -0.379 e. The van der Waals surface area contributed by atoms with Gasteiger partial charge in [0, 0.05) is 6.61 Å². The molecule has 1 atom stereocenters. The third-order valence-corrected chi connectivity index (χ3v) is 5.28. The van der Waals surface area contributed by atoms with Crippen molar-refractivity contribution in [2.24, 2.45) is 17.8 Å². The fourth-order valence-electron chi connectivity index (χ4n) is 3.22. The Morgan fingerprint density at radius 1 is 0.850 bits per heavy atom. The summed E-state index contributed by atoms with van der Waals surface area (Å²) < 4.78 is 11.6. The molecule has 2 nitrogen and oxygen atoms in total. The largest absolute Gasteiger partial charge is 0.379 e. The third kappa shape index (κ3) is 5.95. The molecule has 118 valence electrons. The molecule has 1 unspecified atom stereocenters. The van der Waals surface area contributed by atoms with Crippen LogP contribution in [0.3, 0.4) is 0 Å². The smallest absolute Gasteiger partial charge is 0.100 e. The van der Waals surface area contributed by atoms with Crippen molar-refractivity contribution >= 4 is 12.6 Å². The number of thiol groups is 1. The maximum Gasteiger partial charge on any atom is 0.100 e. The summed E-state index contributed by atoms with van der Waals surface area (Å²) in [5, 5.41) is 0. The topological polar surface area (TPSA) is 18.5 Å². The first-order chi connectivity index (χ1) is 9.63. The lowest BCUT2D eigenvalue weighted by Gasteiger charge is -2.31. The Morgan fingerprint density at radius 2 is 1.40 bits per heavy atom. The second-order valence-electron chi connectivity index (χ2n) is 7.09. The Labute approximate surface area is 130 Å². The van der Waals surface area contributed by atoms with Crippen LogP contribution in [0.1, 0.15) is 65.2 Å². The van der Waals surface area contributed by atoms with Crippen LogP contribution < -0.4 is 0 Å². The van der Waals surface area contributed by atoms with E-state index in [9.17, 15) is 0 Å². The number of hydrogen-bond acceptors (Lipinski definition) is 3. The fourth-order valence-corrected chi connectivity index (χ4v) is 3.61. The summed E-state index contributed by atoms with van der Waals surface area (Å²) in [6, 6.07) is 0. The van der Waals surface area contributed by atoms with Crippen LogP contribution in [0.15, 0.2) is 0 Å². The molecule has 0 aliphatic heterocycles. The standard InChI is InChI=1S/C17H32O2S/c1-13(2)18-11-16-8-6-14(7-9-16)10-17(20)19-12-15-4-3-5-15/h13-17,20H,3-12H2,1-2H3. The molecule has 2 aliphatic rings. The highest BCUT2D eigenvalue weighted by Gasteiger charge is 2.24. The maximum atomic E-state index is 5.89. The van der Waals surface area contributed by atoms with Crippen LogP contribution in [0.2, 0.25) is 0 Å². The highest BCUT2D eigenvalue weighted by atomic mass is 32.1. The van der Waals surface area contributed by atoms with Crippen LogP contribution in [0.5, 0.6) is 0 Å². The Kier molecular flexibility index (Phi) is 7.20. The lowest BCUT2D eigenvalue weighted by atomic mass is 9.81. The van der Waals surface area contributed by atoms with Crippen molar-refractivity contribution < 1.29 is 9.47 Å². The van der Waals surface area contributed by atoms with Gasteiger partial charge in [0.1, 0.15) is 5.44 Å². The first kappa shape index (κ1) is 16.6. The van der Waals surface area contributed by atoms with Gasteiger partial charge < -0.3 is 9.47 Å². The monoisotopic (exact) mass is 300 g/mol. The molecule has 0 aromatic heterocycles. The SMILES string of the molecule is CC(C)OCC1CCC(CC(S)OCC2CCC2)CC1. The molecule has 3 heteroatoms. The van der Waals surface area contributed by atoms with E-state index in [2.05, 4.69) is 26.5 Å². The van der Waals surface area contributed by atoms with E-state index in [1.807, 2.05) is 0 Å². The van der Waals surface area contributed by atoms with Gasteiger partial charge in [0.05, 0.1) is 12.7 Å². The Balaban J connectivity index is 1.54. The summed E-state index contributed by atoms with van der Waals surface area (Å²) >= 11 is 4.62. The molecule has 0 spiro atoms.